The maximum atomic E-state index is 13.5. The predicted molar refractivity (Wildman–Crippen MR) is 122 cm³/mol. The molecule has 4 rings (SSSR count). The van der Waals surface area contributed by atoms with E-state index in [0.29, 0.717) is 28.5 Å². The molecule has 2 amide bonds. The van der Waals surface area contributed by atoms with E-state index in [1.807, 2.05) is 0 Å². The van der Waals surface area contributed by atoms with Gasteiger partial charge >= 0.3 is 0 Å². The second-order valence-corrected chi connectivity index (χ2v) is 7.09. The first-order chi connectivity index (χ1) is 16.0. The summed E-state index contributed by atoms with van der Waals surface area (Å²) in [6.07, 6.45) is 0. The van der Waals surface area contributed by atoms with Crippen LogP contribution in [0.5, 0.6) is 17.2 Å². The number of nitrogens with one attached hydrogen (secondary N) is 1. The zero-order valence-corrected chi connectivity index (χ0v) is 18.2. The number of halogens is 1. The lowest BCUT2D eigenvalue weighted by molar-refractivity contribution is -0.120. The lowest BCUT2D eigenvalue weighted by Gasteiger charge is -2.16. The number of methoxy groups -OCH3 is 3. The molecule has 0 aromatic heterocycles. The predicted octanol–water partition coefficient (Wildman–Crippen LogP) is 4.25. The lowest BCUT2D eigenvalue weighted by atomic mass is 10.0. The van der Waals surface area contributed by atoms with Crippen LogP contribution in [0.3, 0.4) is 0 Å². The van der Waals surface area contributed by atoms with Crippen LogP contribution in [-0.2, 0) is 9.59 Å². The Morgan fingerprint density at radius 1 is 0.758 bits per heavy atom. The summed E-state index contributed by atoms with van der Waals surface area (Å²) >= 11 is 0. The summed E-state index contributed by atoms with van der Waals surface area (Å²) in [7, 11) is 4.56. The summed E-state index contributed by atoms with van der Waals surface area (Å²) in [6, 6.07) is 17.0. The van der Waals surface area contributed by atoms with Crippen molar-refractivity contribution in [2.75, 3.05) is 31.5 Å². The molecule has 8 heteroatoms. The Labute approximate surface area is 190 Å². The molecule has 168 valence electrons. The Hall–Kier alpha value is -4.33. The molecule has 0 bridgehead atoms. The second-order valence-electron chi connectivity index (χ2n) is 7.09. The highest BCUT2D eigenvalue weighted by Crippen LogP contribution is 2.37. The lowest BCUT2D eigenvalue weighted by Crippen LogP contribution is -2.32. The fourth-order valence-electron chi connectivity index (χ4n) is 3.54. The maximum Gasteiger partial charge on any atom is 0.282 e. The highest BCUT2D eigenvalue weighted by atomic mass is 19.1. The molecule has 0 fully saturated rings. The number of carbonyl (C=O) groups excluding carboxylic acids is 2. The van der Waals surface area contributed by atoms with Crippen molar-refractivity contribution in [3.05, 3.63) is 83.8 Å². The van der Waals surface area contributed by atoms with E-state index < -0.39 is 17.6 Å². The molecule has 0 saturated heterocycles. The largest absolute Gasteiger partial charge is 0.497 e. The Balaban J connectivity index is 1.84. The molecule has 0 atom stereocenters. The third-order valence-electron chi connectivity index (χ3n) is 5.21. The van der Waals surface area contributed by atoms with Crippen molar-refractivity contribution in [3.63, 3.8) is 0 Å². The highest BCUT2D eigenvalue weighted by Gasteiger charge is 2.40. The zero-order valence-electron chi connectivity index (χ0n) is 18.2. The van der Waals surface area contributed by atoms with E-state index in [1.54, 1.807) is 42.5 Å². The minimum absolute atomic E-state index is 0.0565. The summed E-state index contributed by atoms with van der Waals surface area (Å²) in [6.45, 7) is 0. The first kappa shape index (κ1) is 21.9. The van der Waals surface area contributed by atoms with Gasteiger partial charge in [-0.3, -0.25) is 9.59 Å². The monoisotopic (exact) mass is 448 g/mol. The van der Waals surface area contributed by atoms with Crippen molar-refractivity contribution in [2.45, 2.75) is 0 Å². The second kappa shape index (κ2) is 9.04. The van der Waals surface area contributed by atoms with E-state index in [9.17, 15) is 14.0 Å². The summed E-state index contributed by atoms with van der Waals surface area (Å²) in [5.74, 6) is 0.00879. The molecule has 0 saturated carbocycles. The molecule has 0 radical (unpaired) electrons. The van der Waals surface area contributed by atoms with Crippen LogP contribution in [0, 0.1) is 5.82 Å². The number of hydrogen-bond donors (Lipinski definition) is 1. The number of benzene rings is 3. The summed E-state index contributed by atoms with van der Waals surface area (Å²) in [4.78, 5) is 27.9. The van der Waals surface area contributed by atoms with Crippen LogP contribution in [0.15, 0.2) is 72.4 Å². The van der Waals surface area contributed by atoms with Crippen molar-refractivity contribution in [1.82, 2.24) is 0 Å². The average molecular weight is 448 g/mol. The van der Waals surface area contributed by atoms with E-state index in [1.165, 1.54) is 45.6 Å². The summed E-state index contributed by atoms with van der Waals surface area (Å²) < 4.78 is 29.3. The Kier molecular flexibility index (Phi) is 5.99. The zero-order chi connectivity index (χ0) is 23.5. The van der Waals surface area contributed by atoms with Gasteiger partial charge in [0.2, 0.25) is 0 Å². The van der Waals surface area contributed by atoms with Crippen LogP contribution in [-0.4, -0.2) is 33.1 Å². The molecule has 1 aliphatic rings. The van der Waals surface area contributed by atoms with E-state index in [-0.39, 0.29) is 17.0 Å². The minimum atomic E-state index is -0.581. The van der Waals surface area contributed by atoms with Crippen LogP contribution in [0.1, 0.15) is 5.56 Å². The average Bonchev–Trinajstić information content (AvgIpc) is 3.08. The van der Waals surface area contributed by atoms with E-state index in [0.717, 1.165) is 4.90 Å². The summed E-state index contributed by atoms with van der Waals surface area (Å²) in [5.41, 5.74) is 1.44. The molecular weight excluding hydrogens is 427 g/mol. The Morgan fingerprint density at radius 3 is 2.00 bits per heavy atom. The molecule has 7 nitrogen and oxygen atoms in total. The number of amides is 2. The van der Waals surface area contributed by atoms with Crippen molar-refractivity contribution in [2.24, 2.45) is 0 Å². The fourth-order valence-corrected chi connectivity index (χ4v) is 3.54. The van der Waals surface area contributed by atoms with Gasteiger partial charge in [0.1, 0.15) is 28.8 Å². The minimum Gasteiger partial charge on any atom is -0.497 e. The Bertz CT molecular complexity index is 1240. The third kappa shape index (κ3) is 4.10. The Morgan fingerprint density at radius 2 is 1.39 bits per heavy atom. The van der Waals surface area contributed by atoms with Gasteiger partial charge in [0.25, 0.3) is 11.8 Å². The number of anilines is 2. The molecular formula is C25H21FN2O5. The first-order valence-electron chi connectivity index (χ1n) is 9.99. The van der Waals surface area contributed by atoms with Gasteiger partial charge in [-0.1, -0.05) is 12.1 Å². The van der Waals surface area contributed by atoms with Crippen molar-refractivity contribution in [3.8, 4) is 17.2 Å². The number of imide groups is 1. The molecule has 0 unspecified atom stereocenters. The van der Waals surface area contributed by atoms with Gasteiger partial charge in [0.05, 0.1) is 38.3 Å². The van der Waals surface area contributed by atoms with Crippen LogP contribution in [0.2, 0.25) is 0 Å². The van der Waals surface area contributed by atoms with Gasteiger partial charge in [0.15, 0.2) is 0 Å². The molecule has 1 aliphatic heterocycles. The van der Waals surface area contributed by atoms with Gasteiger partial charge < -0.3 is 19.5 Å². The van der Waals surface area contributed by atoms with Crippen LogP contribution in [0.25, 0.3) is 5.57 Å². The molecule has 33 heavy (non-hydrogen) atoms. The number of carbonyl (C=O) groups is 2. The van der Waals surface area contributed by atoms with Crippen molar-refractivity contribution in [1.29, 1.82) is 0 Å². The van der Waals surface area contributed by atoms with Gasteiger partial charge in [0, 0.05) is 6.07 Å². The molecule has 1 heterocycles. The van der Waals surface area contributed by atoms with Crippen LogP contribution < -0.4 is 24.4 Å². The molecule has 3 aromatic carbocycles. The topological polar surface area (TPSA) is 77.1 Å². The van der Waals surface area contributed by atoms with Gasteiger partial charge in [-0.25, -0.2) is 9.29 Å². The van der Waals surface area contributed by atoms with E-state index >= 15 is 0 Å². The first-order valence-corrected chi connectivity index (χ1v) is 9.99. The van der Waals surface area contributed by atoms with Gasteiger partial charge in [-0.05, 0) is 54.1 Å². The maximum absolute atomic E-state index is 13.5. The standard InChI is InChI=1S/C25H21FN2O5/c1-31-18-10-4-15(5-11-18)22-23(27-20-14-19(32-2)12-13-21(20)33-3)25(30)28(24(22)29)17-8-6-16(26)7-9-17/h4-14,27H,1-3H3. The van der Waals surface area contributed by atoms with Crippen LogP contribution in [0.4, 0.5) is 15.8 Å². The molecule has 0 aliphatic carbocycles. The van der Waals surface area contributed by atoms with Gasteiger partial charge in [-0.15, -0.1) is 0 Å². The van der Waals surface area contributed by atoms with E-state index in [4.69, 9.17) is 14.2 Å². The smallest absolute Gasteiger partial charge is 0.282 e. The number of hydrogen-bond acceptors (Lipinski definition) is 6. The normalized spacial score (nSPS) is 13.4. The van der Waals surface area contributed by atoms with Crippen LogP contribution >= 0.6 is 0 Å². The number of ether oxygens (including phenoxy) is 3. The quantitative estimate of drug-likeness (QED) is 0.545. The SMILES string of the molecule is COc1ccc(C2=C(Nc3cc(OC)ccc3OC)C(=O)N(c3ccc(F)cc3)C2=O)cc1. The molecule has 0 spiro atoms. The highest BCUT2D eigenvalue weighted by molar-refractivity contribution is 6.46. The number of rotatable bonds is 7. The van der Waals surface area contributed by atoms with Crippen molar-refractivity contribution >= 4 is 28.8 Å². The fraction of sp³-hybridized carbons (Fsp3) is 0.120. The van der Waals surface area contributed by atoms with E-state index in [2.05, 4.69) is 5.32 Å². The molecule has 1 N–H and O–H groups in total. The third-order valence-corrected chi connectivity index (χ3v) is 5.21. The van der Waals surface area contributed by atoms with Crippen molar-refractivity contribution < 1.29 is 28.2 Å². The van der Waals surface area contributed by atoms with Gasteiger partial charge in [-0.2, -0.15) is 0 Å². The molecule has 3 aromatic rings. The number of nitrogens with zero attached hydrogens (tertiary/aromatic N) is 1. The summed E-state index contributed by atoms with van der Waals surface area (Å²) in [5, 5.41) is 3.06.